The SMILES string of the molecule is Cc1cc2c(CC(=O)O)cccc2n1C(=O)c1ccc(OCC2NC(C)c3ccccc3S2)cc1. The lowest BCUT2D eigenvalue weighted by atomic mass is 10.1. The third kappa shape index (κ3) is 4.70. The quantitative estimate of drug-likeness (QED) is 0.378. The molecule has 7 heteroatoms. The summed E-state index contributed by atoms with van der Waals surface area (Å²) in [5.74, 6) is -0.356. The van der Waals surface area contributed by atoms with E-state index in [1.165, 1.54) is 10.5 Å². The van der Waals surface area contributed by atoms with E-state index < -0.39 is 5.97 Å². The number of nitrogens with zero attached hydrogens (tertiary/aromatic N) is 1. The number of thioether (sulfide) groups is 1. The van der Waals surface area contributed by atoms with Crippen LogP contribution in [0.15, 0.2) is 77.7 Å². The number of carbonyl (C=O) groups excluding carboxylic acids is 1. The van der Waals surface area contributed by atoms with Crippen LogP contribution < -0.4 is 10.1 Å². The van der Waals surface area contributed by atoms with E-state index in [9.17, 15) is 14.7 Å². The molecule has 1 aliphatic heterocycles. The van der Waals surface area contributed by atoms with Crippen LogP contribution in [-0.4, -0.2) is 33.5 Å². The number of fused-ring (bicyclic) bond motifs is 2. The predicted molar refractivity (Wildman–Crippen MR) is 137 cm³/mol. The Kier molecular flexibility index (Phi) is 6.36. The standard InChI is InChI=1S/C28H26N2O4S/c1-17-14-23-20(15-27(31)32)6-5-8-24(23)30(17)28(33)19-10-12-21(13-11-19)34-16-26-29-18(2)22-7-3-4-9-25(22)35-26/h3-14,18,26,29H,15-16H2,1-2H3,(H,31,32). The molecule has 178 valence electrons. The van der Waals surface area contributed by atoms with Gasteiger partial charge in [-0.1, -0.05) is 30.3 Å². The van der Waals surface area contributed by atoms with Gasteiger partial charge in [-0.05, 0) is 67.4 Å². The summed E-state index contributed by atoms with van der Waals surface area (Å²) < 4.78 is 7.66. The number of aromatic nitrogens is 1. The number of aliphatic carboxylic acids is 1. The highest BCUT2D eigenvalue weighted by Gasteiger charge is 2.24. The number of hydrogen-bond acceptors (Lipinski definition) is 5. The van der Waals surface area contributed by atoms with Crippen LogP contribution in [0.5, 0.6) is 5.75 Å². The molecule has 0 radical (unpaired) electrons. The van der Waals surface area contributed by atoms with Crippen molar-refractivity contribution in [1.82, 2.24) is 9.88 Å². The number of benzene rings is 3. The average molecular weight is 487 g/mol. The van der Waals surface area contributed by atoms with Crippen molar-refractivity contribution in [3.8, 4) is 5.75 Å². The van der Waals surface area contributed by atoms with Crippen LogP contribution in [0, 0.1) is 6.92 Å². The summed E-state index contributed by atoms with van der Waals surface area (Å²) in [5.41, 5.74) is 4.01. The van der Waals surface area contributed by atoms with Gasteiger partial charge in [0.15, 0.2) is 0 Å². The molecule has 3 aromatic carbocycles. The predicted octanol–water partition coefficient (Wildman–Crippen LogP) is 5.43. The van der Waals surface area contributed by atoms with Gasteiger partial charge in [-0.25, -0.2) is 0 Å². The number of carboxylic acids is 1. The van der Waals surface area contributed by atoms with Crippen LogP contribution in [0.4, 0.5) is 0 Å². The molecular weight excluding hydrogens is 460 g/mol. The summed E-state index contributed by atoms with van der Waals surface area (Å²) in [6, 6.07) is 23.1. The first kappa shape index (κ1) is 23.2. The molecule has 1 aliphatic rings. The number of rotatable bonds is 6. The van der Waals surface area contributed by atoms with Gasteiger partial charge in [-0.3, -0.25) is 19.5 Å². The zero-order valence-electron chi connectivity index (χ0n) is 19.5. The van der Waals surface area contributed by atoms with Crippen LogP contribution >= 0.6 is 11.8 Å². The summed E-state index contributed by atoms with van der Waals surface area (Å²) in [5, 5.41) is 13.7. The molecular formula is C28H26N2O4S. The molecule has 0 aliphatic carbocycles. The van der Waals surface area contributed by atoms with Gasteiger partial charge in [0.1, 0.15) is 12.4 Å². The smallest absolute Gasteiger partial charge is 0.307 e. The van der Waals surface area contributed by atoms with Crippen LogP contribution in [0.1, 0.15) is 40.1 Å². The highest BCUT2D eigenvalue weighted by atomic mass is 32.2. The number of nitrogens with one attached hydrogen (secondary N) is 1. The van der Waals surface area contributed by atoms with Crippen LogP contribution in [-0.2, 0) is 11.2 Å². The number of hydrogen-bond donors (Lipinski definition) is 2. The van der Waals surface area contributed by atoms with Crippen LogP contribution in [0.25, 0.3) is 10.9 Å². The molecule has 4 aromatic rings. The summed E-state index contributed by atoms with van der Waals surface area (Å²) in [6.07, 6.45) is -0.0838. The van der Waals surface area contributed by atoms with Gasteiger partial charge in [-0.15, -0.1) is 11.8 Å². The van der Waals surface area contributed by atoms with Crippen molar-refractivity contribution in [2.75, 3.05) is 6.61 Å². The summed E-state index contributed by atoms with van der Waals surface area (Å²) >= 11 is 1.76. The average Bonchev–Trinajstić information content (AvgIpc) is 3.19. The Morgan fingerprint density at radius 3 is 2.60 bits per heavy atom. The number of carboxylic acid groups (broad SMARTS) is 1. The minimum Gasteiger partial charge on any atom is -0.491 e. The Morgan fingerprint density at radius 1 is 1.06 bits per heavy atom. The Morgan fingerprint density at radius 2 is 1.83 bits per heavy atom. The van der Waals surface area contributed by atoms with E-state index in [0.29, 0.717) is 29.0 Å². The molecule has 0 fully saturated rings. The van der Waals surface area contributed by atoms with Gasteiger partial charge in [0.05, 0.1) is 17.3 Å². The first-order valence-corrected chi connectivity index (χ1v) is 12.4. The lowest BCUT2D eigenvalue weighted by Gasteiger charge is -2.30. The first-order valence-electron chi connectivity index (χ1n) is 11.5. The maximum Gasteiger partial charge on any atom is 0.307 e. The van der Waals surface area contributed by atoms with Crippen molar-refractivity contribution < 1.29 is 19.4 Å². The second-order valence-corrected chi connectivity index (χ2v) is 9.96. The minimum atomic E-state index is -0.898. The molecule has 6 nitrogen and oxygen atoms in total. The summed E-state index contributed by atoms with van der Waals surface area (Å²) in [4.78, 5) is 25.8. The lowest BCUT2D eigenvalue weighted by molar-refractivity contribution is -0.136. The van der Waals surface area contributed by atoms with Crippen LogP contribution in [0.2, 0.25) is 0 Å². The topological polar surface area (TPSA) is 80.6 Å². The van der Waals surface area contributed by atoms with E-state index >= 15 is 0 Å². The van der Waals surface area contributed by atoms with Crippen molar-refractivity contribution in [2.24, 2.45) is 0 Å². The number of ether oxygens (including phenoxy) is 1. The Labute approximate surface area is 207 Å². The molecule has 35 heavy (non-hydrogen) atoms. The van der Waals surface area contributed by atoms with E-state index in [0.717, 1.165) is 11.1 Å². The van der Waals surface area contributed by atoms with Crippen molar-refractivity contribution >= 4 is 34.5 Å². The fourth-order valence-electron chi connectivity index (χ4n) is 4.59. The normalized spacial score (nSPS) is 17.2. The molecule has 0 spiro atoms. The molecule has 0 bridgehead atoms. The Balaban J connectivity index is 1.30. The van der Waals surface area contributed by atoms with Gasteiger partial charge >= 0.3 is 5.97 Å². The summed E-state index contributed by atoms with van der Waals surface area (Å²) in [6.45, 7) is 4.52. The fourth-order valence-corrected chi connectivity index (χ4v) is 5.84. The molecule has 0 amide bonds. The van der Waals surface area contributed by atoms with Gasteiger partial charge in [0, 0.05) is 27.6 Å². The van der Waals surface area contributed by atoms with E-state index in [4.69, 9.17) is 4.74 Å². The van der Waals surface area contributed by atoms with Gasteiger partial charge in [0.2, 0.25) is 0 Å². The monoisotopic (exact) mass is 486 g/mol. The maximum atomic E-state index is 13.3. The lowest BCUT2D eigenvalue weighted by Crippen LogP contribution is -2.37. The van der Waals surface area contributed by atoms with Gasteiger partial charge in [0.25, 0.3) is 5.91 Å². The molecule has 2 atom stereocenters. The fraction of sp³-hybridized carbons (Fsp3) is 0.214. The number of aryl methyl sites for hydroxylation is 1. The van der Waals surface area contributed by atoms with Crippen molar-refractivity contribution in [2.45, 2.75) is 36.6 Å². The van der Waals surface area contributed by atoms with Gasteiger partial charge < -0.3 is 9.84 Å². The van der Waals surface area contributed by atoms with Crippen molar-refractivity contribution in [1.29, 1.82) is 0 Å². The number of carbonyl (C=O) groups is 2. The van der Waals surface area contributed by atoms with E-state index in [-0.39, 0.29) is 23.7 Å². The van der Waals surface area contributed by atoms with E-state index in [1.807, 2.05) is 31.2 Å². The Hall–Kier alpha value is -3.55. The minimum absolute atomic E-state index is 0.0838. The molecule has 1 aromatic heterocycles. The Bertz CT molecular complexity index is 1410. The third-order valence-corrected chi connectivity index (χ3v) is 7.44. The first-order chi connectivity index (χ1) is 16.9. The second-order valence-electron chi connectivity index (χ2n) is 8.71. The zero-order chi connectivity index (χ0) is 24.5. The largest absolute Gasteiger partial charge is 0.491 e. The van der Waals surface area contributed by atoms with Crippen molar-refractivity contribution in [3.05, 3.63) is 95.2 Å². The highest BCUT2D eigenvalue weighted by molar-refractivity contribution is 8.00. The molecule has 2 unspecified atom stereocenters. The summed E-state index contributed by atoms with van der Waals surface area (Å²) in [7, 11) is 0. The van der Waals surface area contributed by atoms with E-state index in [2.05, 4.69) is 36.5 Å². The molecule has 0 saturated carbocycles. The molecule has 2 heterocycles. The van der Waals surface area contributed by atoms with Crippen LogP contribution in [0.3, 0.4) is 0 Å². The zero-order valence-corrected chi connectivity index (χ0v) is 20.3. The molecule has 2 N–H and O–H groups in total. The van der Waals surface area contributed by atoms with Crippen molar-refractivity contribution in [3.63, 3.8) is 0 Å². The highest BCUT2D eigenvalue weighted by Crippen LogP contribution is 2.35. The molecule has 5 rings (SSSR count). The molecule has 0 saturated heterocycles. The third-order valence-electron chi connectivity index (χ3n) is 6.26. The van der Waals surface area contributed by atoms with E-state index in [1.54, 1.807) is 40.6 Å². The second kappa shape index (κ2) is 9.60. The maximum absolute atomic E-state index is 13.3. The van der Waals surface area contributed by atoms with Gasteiger partial charge in [-0.2, -0.15) is 0 Å².